The van der Waals surface area contributed by atoms with Crippen LogP contribution in [-0.2, 0) is 11.2 Å². The van der Waals surface area contributed by atoms with E-state index in [1.165, 1.54) is 11.1 Å². The highest BCUT2D eigenvalue weighted by atomic mass is 35.5. The first-order valence-electron chi connectivity index (χ1n) is 7.87. The highest BCUT2D eigenvalue weighted by Crippen LogP contribution is 2.14. The number of carbonyl (C=O) groups is 1. The van der Waals surface area contributed by atoms with Crippen LogP contribution in [0.1, 0.15) is 23.1 Å². The molecule has 0 spiro atoms. The monoisotopic (exact) mass is 330 g/mol. The number of rotatable bonds is 7. The average molecular weight is 331 g/mol. The van der Waals surface area contributed by atoms with Crippen molar-refractivity contribution in [3.8, 4) is 0 Å². The summed E-state index contributed by atoms with van der Waals surface area (Å²) in [6.07, 6.45) is 1.25. The lowest BCUT2D eigenvalue weighted by molar-refractivity contribution is -0.120. The molecule has 0 aliphatic carbocycles. The molecule has 4 heteroatoms. The van der Waals surface area contributed by atoms with Crippen LogP contribution in [0, 0.1) is 13.8 Å². The van der Waals surface area contributed by atoms with Crippen molar-refractivity contribution in [2.45, 2.75) is 26.7 Å². The van der Waals surface area contributed by atoms with E-state index < -0.39 is 0 Å². The van der Waals surface area contributed by atoms with Gasteiger partial charge in [-0.3, -0.25) is 4.79 Å². The fraction of sp³-hybridized carbons (Fsp3) is 0.316. The molecule has 2 aromatic rings. The van der Waals surface area contributed by atoms with E-state index in [4.69, 9.17) is 11.6 Å². The molecule has 0 unspecified atom stereocenters. The molecular formula is C19H23ClN2O. The van der Waals surface area contributed by atoms with Gasteiger partial charge in [-0.05, 0) is 61.2 Å². The number of hydrogen-bond acceptors (Lipinski definition) is 2. The van der Waals surface area contributed by atoms with Gasteiger partial charge in [-0.1, -0.05) is 29.8 Å². The van der Waals surface area contributed by atoms with Gasteiger partial charge in [0.1, 0.15) is 0 Å². The second kappa shape index (κ2) is 8.59. The number of amides is 1. The molecule has 0 heterocycles. The van der Waals surface area contributed by atoms with Gasteiger partial charge in [0, 0.05) is 30.2 Å². The third kappa shape index (κ3) is 5.95. The molecule has 3 nitrogen and oxygen atoms in total. The topological polar surface area (TPSA) is 41.1 Å². The number of carbonyl (C=O) groups excluding carboxylic acids is 1. The van der Waals surface area contributed by atoms with E-state index in [1.54, 1.807) is 0 Å². The van der Waals surface area contributed by atoms with Crippen LogP contribution < -0.4 is 10.6 Å². The molecule has 0 saturated heterocycles. The van der Waals surface area contributed by atoms with Gasteiger partial charge < -0.3 is 10.6 Å². The molecule has 0 radical (unpaired) electrons. The first-order chi connectivity index (χ1) is 11.0. The summed E-state index contributed by atoms with van der Waals surface area (Å²) in [5.41, 5.74) is 4.71. The van der Waals surface area contributed by atoms with Crippen molar-refractivity contribution in [3.05, 3.63) is 64.2 Å². The first kappa shape index (κ1) is 17.4. The predicted octanol–water partition coefficient (Wildman–Crippen LogP) is 4.12. The van der Waals surface area contributed by atoms with Gasteiger partial charge in [0.25, 0.3) is 0 Å². The summed E-state index contributed by atoms with van der Waals surface area (Å²) < 4.78 is 0. The Hall–Kier alpha value is -2.00. The Kier molecular flexibility index (Phi) is 6.48. The largest absolute Gasteiger partial charge is 0.385 e. The second-order valence-corrected chi connectivity index (χ2v) is 6.14. The third-order valence-corrected chi connectivity index (χ3v) is 4.05. The zero-order valence-electron chi connectivity index (χ0n) is 13.7. The Morgan fingerprint density at radius 2 is 1.87 bits per heavy atom. The lowest BCUT2D eigenvalue weighted by Gasteiger charge is -2.09. The number of aryl methyl sites for hydroxylation is 2. The van der Waals surface area contributed by atoms with E-state index in [0.29, 0.717) is 19.5 Å². The zero-order chi connectivity index (χ0) is 16.7. The molecule has 0 aromatic heterocycles. The molecule has 23 heavy (non-hydrogen) atoms. The maximum Gasteiger partial charge on any atom is 0.221 e. The minimum atomic E-state index is 0.0587. The maximum atomic E-state index is 11.8. The van der Waals surface area contributed by atoms with Gasteiger partial charge in [0.2, 0.25) is 5.91 Å². The van der Waals surface area contributed by atoms with Crippen LogP contribution in [0.2, 0.25) is 5.02 Å². The van der Waals surface area contributed by atoms with Crippen molar-refractivity contribution in [1.82, 2.24) is 5.32 Å². The number of nitrogens with one attached hydrogen (secondary N) is 2. The predicted molar refractivity (Wildman–Crippen MR) is 97.2 cm³/mol. The van der Waals surface area contributed by atoms with Gasteiger partial charge >= 0.3 is 0 Å². The molecule has 0 atom stereocenters. The van der Waals surface area contributed by atoms with Crippen LogP contribution in [0.15, 0.2) is 42.5 Å². The standard InChI is InChI=1S/C19H23ClN2O/c1-14-6-7-18(12-15(14)2)21-11-9-19(23)22-10-8-16-4-3-5-17(20)13-16/h3-7,12-13,21H,8-11H2,1-2H3,(H,22,23). The van der Waals surface area contributed by atoms with Crippen molar-refractivity contribution in [2.24, 2.45) is 0 Å². The van der Waals surface area contributed by atoms with Crippen molar-refractivity contribution < 1.29 is 4.79 Å². The molecule has 122 valence electrons. The van der Waals surface area contributed by atoms with E-state index in [9.17, 15) is 4.79 Å². The lowest BCUT2D eigenvalue weighted by Crippen LogP contribution is -2.27. The van der Waals surface area contributed by atoms with Gasteiger partial charge in [-0.15, -0.1) is 0 Å². The Balaban J connectivity index is 1.66. The number of halogens is 1. The number of hydrogen-bond donors (Lipinski definition) is 2. The fourth-order valence-electron chi connectivity index (χ4n) is 2.30. The van der Waals surface area contributed by atoms with Crippen LogP contribution in [0.4, 0.5) is 5.69 Å². The summed E-state index contributed by atoms with van der Waals surface area (Å²) in [6, 6.07) is 13.9. The molecule has 0 bridgehead atoms. The molecule has 0 aliphatic heterocycles. The molecule has 2 aromatic carbocycles. The van der Waals surface area contributed by atoms with Gasteiger partial charge in [-0.25, -0.2) is 0 Å². The van der Waals surface area contributed by atoms with Crippen molar-refractivity contribution in [1.29, 1.82) is 0 Å². The molecule has 2 N–H and O–H groups in total. The average Bonchev–Trinajstić information content (AvgIpc) is 2.51. The summed E-state index contributed by atoms with van der Waals surface area (Å²) in [5, 5.41) is 6.94. The molecule has 2 rings (SSSR count). The van der Waals surface area contributed by atoms with E-state index in [0.717, 1.165) is 22.7 Å². The van der Waals surface area contributed by atoms with Gasteiger partial charge in [-0.2, -0.15) is 0 Å². The Bertz CT molecular complexity index is 670. The van der Waals surface area contributed by atoms with E-state index in [-0.39, 0.29) is 5.91 Å². The number of anilines is 1. The SMILES string of the molecule is Cc1ccc(NCCC(=O)NCCc2cccc(Cl)c2)cc1C. The van der Waals surface area contributed by atoms with Gasteiger partial charge in [0.05, 0.1) is 0 Å². The normalized spacial score (nSPS) is 10.4. The maximum absolute atomic E-state index is 11.8. The van der Waals surface area contributed by atoms with Crippen LogP contribution in [0.25, 0.3) is 0 Å². The van der Waals surface area contributed by atoms with Crippen molar-refractivity contribution in [3.63, 3.8) is 0 Å². The quantitative estimate of drug-likeness (QED) is 0.802. The van der Waals surface area contributed by atoms with Crippen molar-refractivity contribution in [2.75, 3.05) is 18.4 Å². The molecule has 0 saturated carbocycles. The van der Waals surface area contributed by atoms with E-state index in [1.807, 2.05) is 30.3 Å². The minimum Gasteiger partial charge on any atom is -0.385 e. The van der Waals surface area contributed by atoms with Crippen LogP contribution in [0.3, 0.4) is 0 Å². The molecule has 0 aliphatic rings. The lowest BCUT2D eigenvalue weighted by atomic mass is 10.1. The van der Waals surface area contributed by atoms with Crippen LogP contribution in [0.5, 0.6) is 0 Å². The molecule has 1 amide bonds. The second-order valence-electron chi connectivity index (χ2n) is 5.71. The summed E-state index contributed by atoms with van der Waals surface area (Å²) in [5.74, 6) is 0.0587. The van der Waals surface area contributed by atoms with Gasteiger partial charge in [0.15, 0.2) is 0 Å². The molecular weight excluding hydrogens is 308 g/mol. The highest BCUT2D eigenvalue weighted by molar-refractivity contribution is 6.30. The Labute approximate surface area is 143 Å². The summed E-state index contributed by atoms with van der Waals surface area (Å²) >= 11 is 5.94. The van der Waals surface area contributed by atoms with Crippen molar-refractivity contribution >= 4 is 23.2 Å². The first-order valence-corrected chi connectivity index (χ1v) is 8.24. The van der Waals surface area contributed by atoms with Crippen LogP contribution in [-0.4, -0.2) is 19.0 Å². The molecule has 0 fully saturated rings. The van der Waals surface area contributed by atoms with E-state index >= 15 is 0 Å². The smallest absolute Gasteiger partial charge is 0.221 e. The Morgan fingerprint density at radius 3 is 2.61 bits per heavy atom. The Morgan fingerprint density at radius 1 is 1.04 bits per heavy atom. The fourth-order valence-corrected chi connectivity index (χ4v) is 2.51. The van der Waals surface area contributed by atoms with Crippen LogP contribution >= 0.6 is 11.6 Å². The summed E-state index contributed by atoms with van der Waals surface area (Å²) in [4.78, 5) is 11.8. The van der Waals surface area contributed by atoms with E-state index in [2.05, 4.69) is 36.6 Å². The third-order valence-electron chi connectivity index (χ3n) is 3.81. The summed E-state index contributed by atoms with van der Waals surface area (Å²) in [7, 11) is 0. The summed E-state index contributed by atoms with van der Waals surface area (Å²) in [6.45, 7) is 5.43. The minimum absolute atomic E-state index is 0.0587. The number of benzene rings is 2. The highest BCUT2D eigenvalue weighted by Gasteiger charge is 2.02. The zero-order valence-corrected chi connectivity index (χ0v) is 14.4.